The maximum Gasteiger partial charge on any atom is 0.425 e. The van der Waals surface area contributed by atoms with Gasteiger partial charge in [-0.25, -0.2) is 4.79 Å². The van der Waals surface area contributed by atoms with Crippen molar-refractivity contribution in [3.63, 3.8) is 0 Å². The Morgan fingerprint density at radius 1 is 1.53 bits per heavy atom. The van der Waals surface area contributed by atoms with Crippen molar-refractivity contribution in [1.82, 2.24) is 4.98 Å². The summed E-state index contributed by atoms with van der Waals surface area (Å²) in [5.74, 6) is -1.73. The van der Waals surface area contributed by atoms with E-state index in [1.54, 1.807) is 0 Å². The molecule has 0 aromatic carbocycles. The van der Waals surface area contributed by atoms with Gasteiger partial charge in [0.1, 0.15) is 11.3 Å². The van der Waals surface area contributed by atoms with Gasteiger partial charge in [-0.05, 0) is 13.8 Å². The lowest BCUT2D eigenvalue weighted by Gasteiger charge is -2.18. The number of ether oxygens (including phenoxy) is 1. The molecule has 17 heavy (non-hydrogen) atoms. The van der Waals surface area contributed by atoms with Gasteiger partial charge >= 0.3 is 12.1 Å². The predicted octanol–water partition coefficient (Wildman–Crippen LogP) is 2.42. The minimum atomic E-state index is -4.55. The van der Waals surface area contributed by atoms with Crippen molar-refractivity contribution >= 4 is 5.97 Å². The third kappa shape index (κ3) is 3.33. The first kappa shape index (κ1) is 13.3. The maximum absolute atomic E-state index is 12.3. The molecule has 0 amide bonds. The van der Waals surface area contributed by atoms with Gasteiger partial charge in [-0.3, -0.25) is 4.98 Å². The van der Waals surface area contributed by atoms with Gasteiger partial charge in [-0.1, -0.05) is 0 Å². The largest absolute Gasteiger partial charge is 0.480 e. The fourth-order valence-corrected chi connectivity index (χ4v) is 1.05. The smallest absolute Gasteiger partial charge is 0.425 e. The highest BCUT2D eigenvalue weighted by Crippen LogP contribution is 2.27. The average Bonchev–Trinajstić information content (AvgIpc) is 2.15. The third-order valence-electron chi connectivity index (χ3n) is 2.00. The number of rotatable bonds is 3. The van der Waals surface area contributed by atoms with Crippen molar-refractivity contribution in [3.8, 4) is 5.75 Å². The standard InChI is InChI=1S/C10H10F3NO3/c1-5-3-8(7(4-14-5)9(15)16)17-6(2)10(11,12)13/h3-4,6H,1-2H3,(H,15,16). The van der Waals surface area contributed by atoms with Gasteiger partial charge in [0, 0.05) is 18.0 Å². The van der Waals surface area contributed by atoms with Crippen LogP contribution in [0, 0.1) is 6.92 Å². The molecule has 94 valence electrons. The van der Waals surface area contributed by atoms with Gasteiger partial charge in [0.25, 0.3) is 0 Å². The predicted molar refractivity (Wildman–Crippen MR) is 52.1 cm³/mol. The van der Waals surface area contributed by atoms with Crippen molar-refractivity contribution < 1.29 is 27.8 Å². The van der Waals surface area contributed by atoms with Crippen molar-refractivity contribution in [2.24, 2.45) is 0 Å². The Morgan fingerprint density at radius 3 is 2.59 bits per heavy atom. The van der Waals surface area contributed by atoms with E-state index in [2.05, 4.69) is 9.72 Å². The topological polar surface area (TPSA) is 59.4 Å². The fourth-order valence-electron chi connectivity index (χ4n) is 1.05. The molecule has 1 atom stereocenters. The number of nitrogens with zero attached hydrogens (tertiary/aromatic N) is 1. The van der Waals surface area contributed by atoms with E-state index < -0.39 is 23.8 Å². The molecule has 1 aromatic rings. The number of aromatic carboxylic acids is 1. The Bertz CT molecular complexity index is 431. The zero-order chi connectivity index (χ0) is 13.2. The lowest BCUT2D eigenvalue weighted by Crippen LogP contribution is -2.31. The summed E-state index contributed by atoms with van der Waals surface area (Å²) in [4.78, 5) is 14.5. The molecule has 0 saturated carbocycles. The Labute approximate surface area is 95.0 Å². The molecule has 7 heteroatoms. The summed E-state index contributed by atoms with van der Waals surface area (Å²) in [5.41, 5.74) is -0.0222. The summed E-state index contributed by atoms with van der Waals surface area (Å²) in [5, 5.41) is 8.77. The Kier molecular flexibility index (Phi) is 3.59. The molecule has 0 aliphatic carbocycles. The van der Waals surface area contributed by atoms with Crippen LogP contribution in [0.1, 0.15) is 23.0 Å². The third-order valence-corrected chi connectivity index (χ3v) is 2.00. The van der Waals surface area contributed by atoms with Crippen LogP contribution in [0.25, 0.3) is 0 Å². The number of carbonyl (C=O) groups is 1. The van der Waals surface area contributed by atoms with E-state index in [4.69, 9.17) is 5.11 Å². The summed E-state index contributed by atoms with van der Waals surface area (Å²) in [7, 11) is 0. The molecule has 1 N–H and O–H groups in total. The van der Waals surface area contributed by atoms with Gasteiger partial charge in [0.15, 0.2) is 6.10 Å². The van der Waals surface area contributed by atoms with Crippen molar-refractivity contribution in [2.45, 2.75) is 26.1 Å². The van der Waals surface area contributed by atoms with Crippen LogP contribution in [0.3, 0.4) is 0 Å². The second-order valence-corrected chi connectivity index (χ2v) is 3.43. The molecule has 0 aliphatic heterocycles. The number of hydrogen-bond acceptors (Lipinski definition) is 3. The lowest BCUT2D eigenvalue weighted by atomic mass is 10.2. The summed E-state index contributed by atoms with van der Waals surface area (Å²) >= 11 is 0. The molecule has 4 nitrogen and oxygen atoms in total. The Hall–Kier alpha value is -1.79. The zero-order valence-corrected chi connectivity index (χ0v) is 9.08. The van der Waals surface area contributed by atoms with E-state index in [0.717, 1.165) is 19.2 Å². The molecular formula is C10H10F3NO3. The molecule has 0 saturated heterocycles. The maximum atomic E-state index is 12.3. The second-order valence-electron chi connectivity index (χ2n) is 3.43. The molecule has 0 aliphatic rings. The number of pyridine rings is 1. The van der Waals surface area contributed by atoms with Crippen LogP contribution < -0.4 is 4.74 Å². The SMILES string of the molecule is Cc1cc(OC(C)C(F)(F)F)c(C(=O)O)cn1. The van der Waals surface area contributed by atoms with Gasteiger partial charge in [0.2, 0.25) is 0 Å². The second kappa shape index (κ2) is 4.60. The van der Waals surface area contributed by atoms with E-state index in [1.165, 1.54) is 6.92 Å². The van der Waals surface area contributed by atoms with Crippen LogP contribution in [0.4, 0.5) is 13.2 Å². The van der Waals surface area contributed by atoms with Crippen LogP contribution >= 0.6 is 0 Å². The minimum Gasteiger partial charge on any atom is -0.480 e. The minimum absolute atomic E-state index is 0.338. The van der Waals surface area contributed by atoms with Gasteiger partial charge in [0.05, 0.1) is 0 Å². The fraction of sp³-hybridized carbons (Fsp3) is 0.400. The molecule has 0 bridgehead atoms. The molecule has 0 spiro atoms. The van der Waals surface area contributed by atoms with E-state index in [0.29, 0.717) is 5.69 Å². The molecule has 0 radical (unpaired) electrons. The molecule has 0 fully saturated rings. The quantitative estimate of drug-likeness (QED) is 0.893. The first-order valence-corrected chi connectivity index (χ1v) is 4.65. The first-order chi connectivity index (χ1) is 7.71. The van der Waals surface area contributed by atoms with Crippen molar-refractivity contribution in [1.29, 1.82) is 0 Å². The van der Waals surface area contributed by atoms with Crippen LogP contribution in [0.5, 0.6) is 5.75 Å². The number of hydrogen-bond donors (Lipinski definition) is 1. The average molecular weight is 249 g/mol. The van der Waals surface area contributed by atoms with Gasteiger partial charge in [-0.15, -0.1) is 0 Å². The summed E-state index contributed by atoms with van der Waals surface area (Å²) < 4.78 is 41.4. The Morgan fingerprint density at radius 2 is 2.12 bits per heavy atom. The lowest BCUT2D eigenvalue weighted by molar-refractivity contribution is -0.189. The van der Waals surface area contributed by atoms with Gasteiger partial charge in [-0.2, -0.15) is 13.2 Å². The van der Waals surface area contributed by atoms with E-state index >= 15 is 0 Å². The van der Waals surface area contributed by atoms with Crippen LogP contribution in [-0.4, -0.2) is 28.3 Å². The summed E-state index contributed by atoms with van der Waals surface area (Å²) in [6.07, 6.45) is -5.66. The number of carboxylic acid groups (broad SMARTS) is 1. The molecule has 1 unspecified atom stereocenters. The van der Waals surface area contributed by atoms with Crippen molar-refractivity contribution in [2.75, 3.05) is 0 Å². The highest BCUT2D eigenvalue weighted by atomic mass is 19.4. The summed E-state index contributed by atoms with van der Waals surface area (Å²) in [6, 6.07) is 1.16. The number of halogens is 3. The molecule has 1 rings (SSSR count). The van der Waals surface area contributed by atoms with E-state index in [-0.39, 0.29) is 5.75 Å². The van der Waals surface area contributed by atoms with Crippen LogP contribution in [0.2, 0.25) is 0 Å². The van der Waals surface area contributed by atoms with E-state index in [9.17, 15) is 18.0 Å². The highest BCUT2D eigenvalue weighted by molar-refractivity contribution is 5.90. The van der Waals surface area contributed by atoms with Gasteiger partial charge < -0.3 is 9.84 Å². The van der Waals surface area contributed by atoms with Crippen molar-refractivity contribution in [3.05, 3.63) is 23.5 Å². The summed E-state index contributed by atoms with van der Waals surface area (Å²) in [6.45, 7) is 2.33. The van der Waals surface area contributed by atoms with E-state index in [1.807, 2.05) is 0 Å². The molecule has 1 aromatic heterocycles. The Balaban J connectivity index is 3.04. The number of aryl methyl sites for hydroxylation is 1. The number of alkyl halides is 3. The highest BCUT2D eigenvalue weighted by Gasteiger charge is 2.38. The van der Waals surface area contributed by atoms with Crippen LogP contribution in [-0.2, 0) is 0 Å². The normalized spacial score (nSPS) is 13.2. The number of aromatic nitrogens is 1. The van der Waals surface area contributed by atoms with Crippen LogP contribution in [0.15, 0.2) is 12.3 Å². The molecular weight excluding hydrogens is 239 g/mol. The molecule has 1 heterocycles. The zero-order valence-electron chi connectivity index (χ0n) is 9.08. The number of carboxylic acids is 1. The monoisotopic (exact) mass is 249 g/mol. The first-order valence-electron chi connectivity index (χ1n) is 4.65.